The number of fused-ring (bicyclic) bond motifs is 1. The van der Waals surface area contributed by atoms with Crippen molar-refractivity contribution in [3.8, 4) is 0 Å². The minimum Gasteiger partial charge on any atom is -0.350 e. The Labute approximate surface area is 112 Å². The van der Waals surface area contributed by atoms with Gasteiger partial charge in [0.15, 0.2) is 5.69 Å². The molecule has 0 spiro atoms. The lowest BCUT2D eigenvalue weighted by molar-refractivity contribution is 0.0940. The smallest absolute Gasteiger partial charge is 0.272 e. The highest BCUT2D eigenvalue weighted by molar-refractivity contribution is 6.04. The second kappa shape index (κ2) is 4.68. The summed E-state index contributed by atoms with van der Waals surface area (Å²) in [5, 5.41) is 11.0. The van der Waals surface area contributed by atoms with Crippen molar-refractivity contribution < 1.29 is 4.79 Å². The molecule has 0 bridgehead atoms. The SMILES string of the molecule is CCCC1(CNC(=O)c2n[nH]c3ccccc23)CC1. The van der Waals surface area contributed by atoms with Crippen LogP contribution < -0.4 is 5.32 Å². The number of aromatic amines is 1. The van der Waals surface area contributed by atoms with Gasteiger partial charge in [-0.05, 0) is 30.7 Å². The molecule has 1 aliphatic carbocycles. The summed E-state index contributed by atoms with van der Waals surface area (Å²) in [5.41, 5.74) is 1.78. The van der Waals surface area contributed by atoms with E-state index in [9.17, 15) is 4.79 Å². The Balaban J connectivity index is 1.71. The van der Waals surface area contributed by atoms with Crippen molar-refractivity contribution >= 4 is 16.8 Å². The molecule has 1 heterocycles. The Hall–Kier alpha value is -1.84. The van der Waals surface area contributed by atoms with E-state index in [0.717, 1.165) is 17.4 Å². The van der Waals surface area contributed by atoms with Crippen LogP contribution in [0.25, 0.3) is 10.9 Å². The van der Waals surface area contributed by atoms with Crippen LogP contribution in [0, 0.1) is 5.41 Å². The molecule has 2 aromatic rings. The van der Waals surface area contributed by atoms with Crippen LogP contribution in [0.3, 0.4) is 0 Å². The Kier molecular flexibility index (Phi) is 3.01. The zero-order chi connectivity index (χ0) is 13.3. The average molecular weight is 257 g/mol. The monoisotopic (exact) mass is 257 g/mol. The van der Waals surface area contributed by atoms with Crippen molar-refractivity contribution in [2.45, 2.75) is 32.6 Å². The van der Waals surface area contributed by atoms with E-state index in [1.807, 2.05) is 24.3 Å². The van der Waals surface area contributed by atoms with Gasteiger partial charge in [0.05, 0.1) is 5.52 Å². The minimum absolute atomic E-state index is 0.0696. The summed E-state index contributed by atoms with van der Waals surface area (Å²) in [6, 6.07) is 7.71. The molecule has 0 aliphatic heterocycles. The molecule has 0 saturated heterocycles. The fraction of sp³-hybridized carbons (Fsp3) is 0.467. The van der Waals surface area contributed by atoms with E-state index in [4.69, 9.17) is 0 Å². The van der Waals surface area contributed by atoms with E-state index in [-0.39, 0.29) is 5.91 Å². The molecule has 4 nitrogen and oxygen atoms in total. The normalized spacial score (nSPS) is 16.5. The first kappa shape index (κ1) is 12.2. The zero-order valence-corrected chi connectivity index (χ0v) is 11.2. The molecule has 1 aliphatic rings. The number of rotatable bonds is 5. The molecule has 2 N–H and O–H groups in total. The Morgan fingerprint density at radius 2 is 2.21 bits per heavy atom. The van der Waals surface area contributed by atoms with Crippen LogP contribution in [0.1, 0.15) is 43.1 Å². The van der Waals surface area contributed by atoms with Gasteiger partial charge in [0.1, 0.15) is 0 Å². The first-order valence-electron chi connectivity index (χ1n) is 6.95. The number of nitrogens with zero attached hydrogens (tertiary/aromatic N) is 1. The number of aromatic nitrogens is 2. The standard InChI is InChI=1S/C15H19N3O/c1-2-7-15(8-9-15)10-16-14(19)13-11-5-3-4-6-12(11)17-18-13/h3-6H,2,7-10H2,1H3,(H,16,19)(H,17,18). The van der Waals surface area contributed by atoms with Crippen LogP contribution in [-0.2, 0) is 0 Å². The molecule has 0 radical (unpaired) electrons. The van der Waals surface area contributed by atoms with Crippen molar-refractivity contribution in [3.05, 3.63) is 30.0 Å². The fourth-order valence-corrected chi connectivity index (χ4v) is 2.71. The van der Waals surface area contributed by atoms with Crippen molar-refractivity contribution in [1.29, 1.82) is 0 Å². The number of hydrogen-bond acceptors (Lipinski definition) is 2. The third-order valence-corrected chi connectivity index (χ3v) is 4.05. The molecule has 1 aromatic carbocycles. The number of H-pyrrole nitrogens is 1. The number of nitrogens with one attached hydrogen (secondary N) is 2. The predicted molar refractivity (Wildman–Crippen MR) is 75.0 cm³/mol. The third kappa shape index (κ3) is 2.35. The maximum absolute atomic E-state index is 12.2. The van der Waals surface area contributed by atoms with Crippen LogP contribution in [-0.4, -0.2) is 22.6 Å². The number of carbonyl (C=O) groups is 1. The van der Waals surface area contributed by atoms with Gasteiger partial charge in [-0.1, -0.05) is 31.5 Å². The summed E-state index contributed by atoms with van der Waals surface area (Å²) in [6.45, 7) is 2.98. The second-order valence-corrected chi connectivity index (χ2v) is 5.55. The van der Waals surface area contributed by atoms with E-state index in [1.54, 1.807) is 0 Å². The van der Waals surface area contributed by atoms with Gasteiger partial charge in [-0.25, -0.2) is 0 Å². The largest absolute Gasteiger partial charge is 0.350 e. The molecule has 1 fully saturated rings. The number of hydrogen-bond donors (Lipinski definition) is 2. The molecule has 19 heavy (non-hydrogen) atoms. The van der Waals surface area contributed by atoms with Gasteiger partial charge < -0.3 is 5.32 Å². The minimum atomic E-state index is -0.0696. The quantitative estimate of drug-likeness (QED) is 0.865. The van der Waals surface area contributed by atoms with Crippen molar-refractivity contribution in [2.24, 2.45) is 5.41 Å². The topological polar surface area (TPSA) is 57.8 Å². The number of para-hydroxylation sites is 1. The molecule has 0 unspecified atom stereocenters. The lowest BCUT2D eigenvalue weighted by Crippen LogP contribution is -2.30. The van der Waals surface area contributed by atoms with Crippen LogP contribution in [0.4, 0.5) is 0 Å². The van der Waals surface area contributed by atoms with Crippen LogP contribution >= 0.6 is 0 Å². The van der Waals surface area contributed by atoms with Gasteiger partial charge >= 0.3 is 0 Å². The lowest BCUT2D eigenvalue weighted by atomic mass is 10.0. The van der Waals surface area contributed by atoms with E-state index in [0.29, 0.717) is 11.1 Å². The molecule has 100 valence electrons. The van der Waals surface area contributed by atoms with Crippen molar-refractivity contribution in [2.75, 3.05) is 6.54 Å². The van der Waals surface area contributed by atoms with E-state index < -0.39 is 0 Å². The van der Waals surface area contributed by atoms with Gasteiger partial charge in [0.25, 0.3) is 5.91 Å². The maximum Gasteiger partial charge on any atom is 0.272 e. The maximum atomic E-state index is 12.2. The summed E-state index contributed by atoms with van der Waals surface area (Å²) in [7, 11) is 0. The van der Waals surface area contributed by atoms with E-state index >= 15 is 0 Å². The van der Waals surface area contributed by atoms with Gasteiger partial charge in [-0.2, -0.15) is 5.10 Å². The molecular formula is C15H19N3O. The fourth-order valence-electron chi connectivity index (χ4n) is 2.71. The third-order valence-electron chi connectivity index (χ3n) is 4.05. The highest BCUT2D eigenvalue weighted by atomic mass is 16.1. The Bertz CT molecular complexity index is 598. The summed E-state index contributed by atoms with van der Waals surface area (Å²) >= 11 is 0. The molecule has 1 amide bonds. The Morgan fingerprint density at radius 1 is 1.42 bits per heavy atom. The average Bonchev–Trinajstić information content (AvgIpc) is 3.05. The van der Waals surface area contributed by atoms with Crippen molar-refractivity contribution in [1.82, 2.24) is 15.5 Å². The predicted octanol–water partition coefficient (Wildman–Crippen LogP) is 2.87. The van der Waals surface area contributed by atoms with E-state index in [1.165, 1.54) is 25.7 Å². The van der Waals surface area contributed by atoms with Crippen LogP contribution in [0.2, 0.25) is 0 Å². The van der Waals surface area contributed by atoms with E-state index in [2.05, 4.69) is 22.4 Å². The Morgan fingerprint density at radius 3 is 2.95 bits per heavy atom. The summed E-state index contributed by atoms with van der Waals surface area (Å²) in [6.07, 6.45) is 4.86. The summed E-state index contributed by atoms with van der Waals surface area (Å²) in [4.78, 5) is 12.2. The van der Waals surface area contributed by atoms with Gasteiger partial charge in [-0.3, -0.25) is 9.89 Å². The van der Waals surface area contributed by atoms with Crippen LogP contribution in [0.15, 0.2) is 24.3 Å². The first-order valence-corrected chi connectivity index (χ1v) is 6.95. The molecule has 0 atom stereocenters. The van der Waals surface area contributed by atoms with Crippen LogP contribution in [0.5, 0.6) is 0 Å². The summed E-state index contributed by atoms with van der Waals surface area (Å²) < 4.78 is 0. The molecular weight excluding hydrogens is 238 g/mol. The molecule has 3 rings (SSSR count). The highest BCUT2D eigenvalue weighted by Crippen LogP contribution is 2.48. The highest BCUT2D eigenvalue weighted by Gasteiger charge is 2.41. The van der Waals surface area contributed by atoms with Gasteiger partial charge in [0, 0.05) is 11.9 Å². The second-order valence-electron chi connectivity index (χ2n) is 5.55. The number of carbonyl (C=O) groups excluding carboxylic acids is 1. The summed E-state index contributed by atoms with van der Waals surface area (Å²) in [5.74, 6) is -0.0696. The van der Waals surface area contributed by atoms with Gasteiger partial charge in [0.2, 0.25) is 0 Å². The zero-order valence-electron chi connectivity index (χ0n) is 11.2. The molecule has 1 aromatic heterocycles. The first-order chi connectivity index (χ1) is 9.24. The van der Waals surface area contributed by atoms with Crippen molar-refractivity contribution in [3.63, 3.8) is 0 Å². The number of amides is 1. The molecule has 4 heteroatoms. The number of benzene rings is 1. The van der Waals surface area contributed by atoms with Gasteiger partial charge in [-0.15, -0.1) is 0 Å². The molecule has 1 saturated carbocycles. The lowest BCUT2D eigenvalue weighted by Gasteiger charge is -2.14.